The van der Waals surface area contributed by atoms with Crippen molar-refractivity contribution in [2.24, 2.45) is 4.99 Å². The first-order valence-corrected chi connectivity index (χ1v) is 12.2. The van der Waals surface area contributed by atoms with E-state index in [-0.39, 0.29) is 41.8 Å². The van der Waals surface area contributed by atoms with Gasteiger partial charge in [-0.15, -0.1) is 0 Å². The number of carbonyl (C=O) groups excluding carboxylic acids is 2. The van der Waals surface area contributed by atoms with Gasteiger partial charge in [-0.1, -0.05) is 52.8 Å². The Morgan fingerprint density at radius 1 is 1.21 bits per heavy atom. The molecule has 0 unspecified atom stereocenters. The molecule has 0 fully saturated rings. The van der Waals surface area contributed by atoms with Crippen molar-refractivity contribution in [3.8, 4) is 5.75 Å². The lowest BCUT2D eigenvalue weighted by Crippen LogP contribution is -2.14. The van der Waals surface area contributed by atoms with Crippen LogP contribution in [0.25, 0.3) is 6.08 Å². The molecule has 1 aliphatic heterocycles. The number of amides is 1. The number of aliphatic hydroxyl groups is 1. The highest BCUT2D eigenvalue weighted by molar-refractivity contribution is 9.10. The molecule has 0 atom stereocenters. The standard InChI is InChI=1S/C25H23BrFNO5S/c1-3-7-21(29)28-24-22(25(31)32-4-2)23(30)20(34-24)13-16-12-17(26)10-11-19(16)33-14-15-8-5-6-9-18(15)27/h5-6,8-13,30H,3-4,7,14H2,1-2H3/b20-13-,28-24?. The molecule has 0 aliphatic carbocycles. The van der Waals surface area contributed by atoms with Gasteiger partial charge in [0, 0.05) is 22.0 Å². The predicted octanol–water partition coefficient (Wildman–Crippen LogP) is 6.36. The van der Waals surface area contributed by atoms with Gasteiger partial charge in [0.2, 0.25) is 5.91 Å². The summed E-state index contributed by atoms with van der Waals surface area (Å²) >= 11 is 4.41. The Morgan fingerprint density at radius 3 is 2.68 bits per heavy atom. The van der Waals surface area contributed by atoms with Crippen LogP contribution in [0, 0.1) is 5.82 Å². The van der Waals surface area contributed by atoms with E-state index in [1.807, 2.05) is 6.92 Å². The minimum absolute atomic E-state index is 0.00570. The number of rotatable bonds is 8. The number of carbonyl (C=O) groups is 2. The summed E-state index contributed by atoms with van der Waals surface area (Å²) in [7, 11) is 0. The molecular weight excluding hydrogens is 525 g/mol. The van der Waals surface area contributed by atoms with Crippen molar-refractivity contribution in [1.82, 2.24) is 0 Å². The second kappa shape index (κ2) is 12.0. The number of esters is 1. The summed E-state index contributed by atoms with van der Waals surface area (Å²) < 4.78 is 25.6. The molecule has 6 nitrogen and oxygen atoms in total. The van der Waals surface area contributed by atoms with E-state index in [0.717, 1.165) is 16.2 Å². The Balaban J connectivity index is 1.97. The molecule has 1 N–H and O–H groups in total. The van der Waals surface area contributed by atoms with Gasteiger partial charge in [-0.05, 0) is 43.7 Å². The van der Waals surface area contributed by atoms with Crippen LogP contribution >= 0.6 is 27.7 Å². The van der Waals surface area contributed by atoms with Crippen LogP contribution in [0.15, 0.2) is 68.2 Å². The van der Waals surface area contributed by atoms with Gasteiger partial charge in [-0.2, -0.15) is 0 Å². The lowest BCUT2D eigenvalue weighted by molar-refractivity contribution is -0.138. The molecule has 34 heavy (non-hydrogen) atoms. The van der Waals surface area contributed by atoms with Gasteiger partial charge >= 0.3 is 5.97 Å². The van der Waals surface area contributed by atoms with E-state index in [4.69, 9.17) is 9.47 Å². The van der Waals surface area contributed by atoms with Gasteiger partial charge in [0.05, 0.1) is 11.5 Å². The van der Waals surface area contributed by atoms with Crippen LogP contribution in [0.3, 0.4) is 0 Å². The molecule has 9 heteroatoms. The molecular formula is C25H23BrFNO5S. The first-order chi connectivity index (χ1) is 16.3. The maximum absolute atomic E-state index is 14.0. The zero-order valence-electron chi connectivity index (χ0n) is 18.6. The van der Waals surface area contributed by atoms with E-state index in [9.17, 15) is 19.1 Å². The molecule has 1 amide bonds. The number of hydrogen-bond donors (Lipinski definition) is 1. The first-order valence-electron chi connectivity index (χ1n) is 10.6. The van der Waals surface area contributed by atoms with Crippen LogP contribution < -0.4 is 4.74 Å². The summed E-state index contributed by atoms with van der Waals surface area (Å²) in [4.78, 5) is 28.9. The summed E-state index contributed by atoms with van der Waals surface area (Å²) in [5.74, 6) is -1.41. The summed E-state index contributed by atoms with van der Waals surface area (Å²) in [6.45, 7) is 3.61. The van der Waals surface area contributed by atoms with Gasteiger partial charge in [0.15, 0.2) is 0 Å². The number of nitrogens with zero attached hydrogens (tertiary/aromatic N) is 1. The molecule has 0 aromatic heterocycles. The largest absolute Gasteiger partial charge is 0.506 e. The highest BCUT2D eigenvalue weighted by atomic mass is 79.9. The molecule has 0 bridgehead atoms. The van der Waals surface area contributed by atoms with Crippen LogP contribution in [0.4, 0.5) is 4.39 Å². The normalized spacial score (nSPS) is 15.8. The predicted molar refractivity (Wildman–Crippen MR) is 134 cm³/mol. The van der Waals surface area contributed by atoms with Gasteiger partial charge < -0.3 is 14.6 Å². The van der Waals surface area contributed by atoms with Gasteiger partial charge in [-0.25, -0.2) is 14.2 Å². The maximum atomic E-state index is 14.0. The number of ether oxygens (including phenoxy) is 2. The van der Waals surface area contributed by atoms with Crippen LogP contribution in [0.2, 0.25) is 0 Å². The Bertz CT molecular complexity index is 1190. The van der Waals surface area contributed by atoms with Crippen molar-refractivity contribution in [2.45, 2.75) is 33.3 Å². The van der Waals surface area contributed by atoms with Crippen LogP contribution in [-0.2, 0) is 20.9 Å². The highest BCUT2D eigenvalue weighted by Gasteiger charge is 2.34. The molecule has 0 spiro atoms. The van der Waals surface area contributed by atoms with Crippen LogP contribution in [0.1, 0.15) is 37.8 Å². The summed E-state index contributed by atoms with van der Waals surface area (Å²) in [6, 6.07) is 11.6. The highest BCUT2D eigenvalue weighted by Crippen LogP contribution is 2.40. The fourth-order valence-electron chi connectivity index (χ4n) is 3.05. The fourth-order valence-corrected chi connectivity index (χ4v) is 4.45. The zero-order chi connectivity index (χ0) is 24.7. The van der Waals surface area contributed by atoms with E-state index >= 15 is 0 Å². The maximum Gasteiger partial charge on any atom is 0.344 e. The van der Waals surface area contributed by atoms with E-state index in [1.54, 1.807) is 49.4 Å². The number of benzene rings is 2. The molecule has 3 rings (SSSR count). The third-order valence-electron chi connectivity index (χ3n) is 4.66. The smallest absolute Gasteiger partial charge is 0.344 e. The molecule has 0 radical (unpaired) electrons. The Kier molecular flexibility index (Phi) is 9.06. The number of thioether (sulfide) groups is 1. The summed E-state index contributed by atoms with van der Waals surface area (Å²) in [6.07, 6.45) is 2.45. The second-order valence-corrected chi connectivity index (χ2v) is 9.12. The summed E-state index contributed by atoms with van der Waals surface area (Å²) in [5, 5.41) is 10.9. The molecule has 1 aliphatic rings. The molecule has 2 aromatic carbocycles. The average Bonchev–Trinajstić information content (AvgIpc) is 3.09. The van der Waals surface area contributed by atoms with Gasteiger partial charge in [-0.3, -0.25) is 4.79 Å². The second-order valence-electron chi connectivity index (χ2n) is 7.18. The zero-order valence-corrected chi connectivity index (χ0v) is 21.0. The van der Waals surface area contributed by atoms with Crippen LogP contribution in [-0.4, -0.2) is 28.6 Å². The average molecular weight is 548 g/mol. The Labute approximate surface area is 209 Å². The summed E-state index contributed by atoms with van der Waals surface area (Å²) in [5.41, 5.74) is 0.825. The number of aliphatic hydroxyl groups excluding tert-OH is 1. The quantitative estimate of drug-likeness (QED) is 0.387. The number of aliphatic imine (C=N–C) groups is 1. The molecule has 0 saturated heterocycles. The molecule has 2 aromatic rings. The lowest BCUT2D eigenvalue weighted by Gasteiger charge is -2.11. The van der Waals surface area contributed by atoms with E-state index in [1.165, 1.54) is 6.07 Å². The molecule has 0 saturated carbocycles. The first kappa shape index (κ1) is 25.7. The Hall–Kier alpha value is -2.91. The molecule has 1 heterocycles. The van der Waals surface area contributed by atoms with Crippen LogP contribution in [0.5, 0.6) is 5.75 Å². The Morgan fingerprint density at radius 2 is 1.97 bits per heavy atom. The van der Waals surface area contributed by atoms with Crippen molar-refractivity contribution in [3.05, 3.63) is 80.1 Å². The van der Waals surface area contributed by atoms with Crippen molar-refractivity contribution < 1.29 is 28.6 Å². The third-order valence-corrected chi connectivity index (χ3v) is 6.17. The van der Waals surface area contributed by atoms with Crippen molar-refractivity contribution in [1.29, 1.82) is 0 Å². The van der Waals surface area contributed by atoms with E-state index in [0.29, 0.717) is 28.2 Å². The number of hydrogen-bond acceptors (Lipinski definition) is 6. The van der Waals surface area contributed by atoms with Crippen molar-refractivity contribution >= 4 is 50.7 Å². The van der Waals surface area contributed by atoms with E-state index in [2.05, 4.69) is 20.9 Å². The topological polar surface area (TPSA) is 85.2 Å². The lowest BCUT2D eigenvalue weighted by atomic mass is 10.1. The minimum Gasteiger partial charge on any atom is -0.506 e. The molecule has 178 valence electrons. The van der Waals surface area contributed by atoms with Gasteiger partial charge in [0.25, 0.3) is 0 Å². The minimum atomic E-state index is -0.760. The van der Waals surface area contributed by atoms with Gasteiger partial charge in [0.1, 0.15) is 34.5 Å². The van der Waals surface area contributed by atoms with Crippen molar-refractivity contribution in [2.75, 3.05) is 6.61 Å². The monoisotopic (exact) mass is 547 g/mol. The third kappa shape index (κ3) is 6.36. The number of halogens is 2. The van der Waals surface area contributed by atoms with Crippen molar-refractivity contribution in [3.63, 3.8) is 0 Å². The van der Waals surface area contributed by atoms with E-state index < -0.39 is 11.9 Å². The fraction of sp³-hybridized carbons (Fsp3) is 0.240. The SMILES string of the molecule is CCCC(=O)N=C1S/C(=C\c2cc(Br)ccc2OCc2ccccc2F)C(O)=C1C(=O)OCC.